The summed E-state index contributed by atoms with van der Waals surface area (Å²) >= 11 is 0. The molecule has 0 spiro atoms. The van der Waals surface area contributed by atoms with E-state index in [0.717, 1.165) is 5.56 Å². The lowest BCUT2D eigenvalue weighted by Crippen LogP contribution is -2.43. The predicted molar refractivity (Wildman–Crippen MR) is 98.8 cm³/mol. The molecule has 1 heterocycles. The van der Waals surface area contributed by atoms with E-state index in [1.165, 1.54) is 17.8 Å². The van der Waals surface area contributed by atoms with E-state index in [2.05, 4.69) is 10.3 Å². The largest absolute Gasteiger partial charge is 0.344 e. The van der Waals surface area contributed by atoms with Crippen molar-refractivity contribution in [1.82, 2.24) is 14.9 Å². The third kappa shape index (κ3) is 4.03. The summed E-state index contributed by atoms with van der Waals surface area (Å²) in [4.78, 5) is 40.9. The van der Waals surface area contributed by atoms with E-state index in [4.69, 9.17) is 0 Å². The topological polar surface area (TPSA) is 81.1 Å². The van der Waals surface area contributed by atoms with E-state index in [0.29, 0.717) is 17.3 Å². The average Bonchev–Trinajstić information content (AvgIpc) is 2.64. The highest BCUT2D eigenvalue weighted by molar-refractivity contribution is 5.87. The second kappa shape index (κ2) is 7.74. The highest BCUT2D eigenvalue weighted by Crippen LogP contribution is 2.06. The SMILES string of the molecule is CC(=O)[C@@H](Cc1ccccc1)NC(=O)Cn1cnc2ccccc2c1=O. The molecule has 0 fully saturated rings. The Hall–Kier alpha value is -3.28. The van der Waals surface area contributed by atoms with Gasteiger partial charge in [0.1, 0.15) is 6.54 Å². The minimum Gasteiger partial charge on any atom is -0.344 e. The van der Waals surface area contributed by atoms with Crippen molar-refractivity contribution in [2.45, 2.75) is 25.9 Å². The number of hydrogen-bond donors (Lipinski definition) is 1. The summed E-state index contributed by atoms with van der Waals surface area (Å²) in [5, 5.41) is 3.17. The summed E-state index contributed by atoms with van der Waals surface area (Å²) in [5.41, 5.74) is 1.26. The normalized spacial score (nSPS) is 11.9. The second-order valence-electron chi connectivity index (χ2n) is 6.12. The monoisotopic (exact) mass is 349 g/mol. The molecule has 2 aromatic carbocycles. The number of benzene rings is 2. The van der Waals surface area contributed by atoms with Gasteiger partial charge in [-0.3, -0.25) is 19.0 Å². The van der Waals surface area contributed by atoms with Crippen LogP contribution in [-0.4, -0.2) is 27.3 Å². The molecule has 1 amide bonds. The molecule has 6 heteroatoms. The number of carbonyl (C=O) groups is 2. The Kier molecular flexibility index (Phi) is 5.22. The minimum atomic E-state index is -0.631. The lowest BCUT2D eigenvalue weighted by Gasteiger charge is -2.16. The predicted octanol–water partition coefficient (Wildman–Crippen LogP) is 1.71. The molecule has 1 atom stereocenters. The van der Waals surface area contributed by atoms with Gasteiger partial charge in [-0.1, -0.05) is 42.5 Å². The molecule has 26 heavy (non-hydrogen) atoms. The fourth-order valence-electron chi connectivity index (χ4n) is 2.76. The molecule has 0 radical (unpaired) electrons. The van der Waals surface area contributed by atoms with Crippen LogP contribution in [0.4, 0.5) is 0 Å². The van der Waals surface area contributed by atoms with Crippen molar-refractivity contribution >= 4 is 22.6 Å². The van der Waals surface area contributed by atoms with Crippen LogP contribution < -0.4 is 10.9 Å². The number of amides is 1. The van der Waals surface area contributed by atoms with Gasteiger partial charge in [0.25, 0.3) is 5.56 Å². The van der Waals surface area contributed by atoms with Gasteiger partial charge in [0, 0.05) is 0 Å². The van der Waals surface area contributed by atoms with Crippen LogP contribution in [0, 0.1) is 0 Å². The number of nitrogens with one attached hydrogen (secondary N) is 1. The molecule has 1 aromatic heterocycles. The summed E-state index contributed by atoms with van der Waals surface area (Å²) < 4.78 is 1.25. The van der Waals surface area contributed by atoms with Gasteiger partial charge in [0.2, 0.25) is 5.91 Å². The van der Waals surface area contributed by atoms with Crippen molar-refractivity contribution in [2.24, 2.45) is 0 Å². The summed E-state index contributed by atoms with van der Waals surface area (Å²) in [7, 11) is 0. The lowest BCUT2D eigenvalue weighted by atomic mass is 10.0. The Morgan fingerprint density at radius 1 is 1.08 bits per heavy atom. The number of carbonyl (C=O) groups excluding carboxylic acids is 2. The zero-order valence-electron chi connectivity index (χ0n) is 14.4. The zero-order valence-corrected chi connectivity index (χ0v) is 14.4. The third-order valence-corrected chi connectivity index (χ3v) is 4.15. The summed E-state index contributed by atoms with van der Waals surface area (Å²) in [5.74, 6) is -0.536. The van der Waals surface area contributed by atoms with Gasteiger partial charge in [-0.2, -0.15) is 0 Å². The Balaban J connectivity index is 1.74. The fraction of sp³-hybridized carbons (Fsp3) is 0.200. The van der Waals surface area contributed by atoms with Crippen molar-refractivity contribution in [3.63, 3.8) is 0 Å². The summed E-state index contributed by atoms with van der Waals surface area (Å²) in [6, 6.07) is 15.8. The van der Waals surface area contributed by atoms with Crippen LogP contribution in [0.25, 0.3) is 10.9 Å². The number of para-hydroxylation sites is 1. The van der Waals surface area contributed by atoms with E-state index in [9.17, 15) is 14.4 Å². The maximum Gasteiger partial charge on any atom is 0.261 e. The Morgan fingerprint density at radius 2 is 1.77 bits per heavy atom. The average molecular weight is 349 g/mol. The van der Waals surface area contributed by atoms with Gasteiger partial charge >= 0.3 is 0 Å². The van der Waals surface area contributed by atoms with Crippen LogP contribution in [0.1, 0.15) is 12.5 Å². The van der Waals surface area contributed by atoms with Gasteiger partial charge in [-0.25, -0.2) is 4.98 Å². The van der Waals surface area contributed by atoms with Crippen LogP contribution >= 0.6 is 0 Å². The van der Waals surface area contributed by atoms with E-state index >= 15 is 0 Å². The molecule has 1 N–H and O–H groups in total. The van der Waals surface area contributed by atoms with Crippen LogP contribution in [0.15, 0.2) is 65.7 Å². The van der Waals surface area contributed by atoms with Gasteiger partial charge in [0.15, 0.2) is 5.78 Å². The fourth-order valence-corrected chi connectivity index (χ4v) is 2.76. The number of nitrogens with zero attached hydrogens (tertiary/aromatic N) is 2. The van der Waals surface area contributed by atoms with E-state index in [-0.39, 0.29) is 17.9 Å². The Morgan fingerprint density at radius 3 is 2.50 bits per heavy atom. The number of ketones is 1. The van der Waals surface area contributed by atoms with Crippen molar-refractivity contribution in [3.8, 4) is 0 Å². The first-order valence-corrected chi connectivity index (χ1v) is 8.32. The van der Waals surface area contributed by atoms with Crippen LogP contribution in [0.3, 0.4) is 0 Å². The van der Waals surface area contributed by atoms with Crippen molar-refractivity contribution in [3.05, 3.63) is 76.8 Å². The molecule has 0 bridgehead atoms. The molecule has 132 valence electrons. The van der Waals surface area contributed by atoms with Crippen molar-refractivity contribution in [2.75, 3.05) is 0 Å². The first kappa shape index (κ1) is 17.5. The summed E-state index contributed by atoms with van der Waals surface area (Å²) in [6.07, 6.45) is 1.76. The molecule has 0 aliphatic rings. The quantitative estimate of drug-likeness (QED) is 0.735. The molecule has 0 saturated carbocycles. The molecular formula is C20H19N3O3. The number of hydrogen-bond acceptors (Lipinski definition) is 4. The molecule has 0 saturated heterocycles. The molecule has 6 nitrogen and oxygen atoms in total. The smallest absolute Gasteiger partial charge is 0.261 e. The Labute approximate surface area is 150 Å². The minimum absolute atomic E-state index is 0.133. The van der Waals surface area contributed by atoms with E-state index in [1.807, 2.05) is 30.3 Å². The van der Waals surface area contributed by atoms with Crippen molar-refractivity contribution in [1.29, 1.82) is 0 Å². The van der Waals surface area contributed by atoms with Gasteiger partial charge < -0.3 is 5.32 Å². The van der Waals surface area contributed by atoms with E-state index in [1.54, 1.807) is 24.3 Å². The summed E-state index contributed by atoms with van der Waals surface area (Å²) in [6.45, 7) is 1.26. The number of aromatic nitrogens is 2. The first-order valence-electron chi connectivity index (χ1n) is 8.32. The standard InChI is InChI=1S/C20H19N3O3/c1-14(24)18(11-15-7-3-2-4-8-15)22-19(25)12-23-13-21-17-10-6-5-9-16(17)20(23)26/h2-10,13,18H,11-12H2,1H3,(H,22,25)/t18-/m1/s1. The van der Waals surface area contributed by atoms with Crippen LogP contribution in [0.5, 0.6) is 0 Å². The van der Waals surface area contributed by atoms with Crippen molar-refractivity contribution < 1.29 is 9.59 Å². The number of Topliss-reactive ketones (excluding diaryl/α,β-unsaturated/α-hetero) is 1. The maximum absolute atomic E-state index is 12.5. The van der Waals surface area contributed by atoms with Gasteiger partial charge in [-0.05, 0) is 31.0 Å². The molecule has 0 aliphatic carbocycles. The highest BCUT2D eigenvalue weighted by Gasteiger charge is 2.18. The number of rotatable bonds is 6. The third-order valence-electron chi connectivity index (χ3n) is 4.15. The molecule has 0 aliphatic heterocycles. The molecule has 3 rings (SSSR count). The first-order chi connectivity index (χ1) is 12.5. The zero-order chi connectivity index (χ0) is 18.5. The molecular weight excluding hydrogens is 330 g/mol. The number of fused-ring (bicyclic) bond motifs is 1. The second-order valence-corrected chi connectivity index (χ2v) is 6.12. The molecule has 0 unspecified atom stereocenters. The molecule has 3 aromatic rings. The lowest BCUT2D eigenvalue weighted by molar-refractivity contribution is -0.127. The Bertz CT molecular complexity index is 996. The van der Waals surface area contributed by atoms with E-state index < -0.39 is 11.9 Å². The van der Waals surface area contributed by atoms with Gasteiger partial charge in [0.05, 0.1) is 23.3 Å². The van der Waals surface area contributed by atoms with Crippen LogP contribution in [-0.2, 0) is 22.6 Å². The maximum atomic E-state index is 12.5. The van der Waals surface area contributed by atoms with Crippen LogP contribution in [0.2, 0.25) is 0 Å². The highest BCUT2D eigenvalue weighted by atomic mass is 16.2. The van der Waals surface area contributed by atoms with Gasteiger partial charge in [-0.15, -0.1) is 0 Å².